The van der Waals surface area contributed by atoms with Gasteiger partial charge in [0.25, 0.3) is 0 Å². The Morgan fingerprint density at radius 3 is 2.63 bits per heavy atom. The quantitative estimate of drug-likeness (QED) is 0.806. The van der Waals surface area contributed by atoms with Gasteiger partial charge in [0.2, 0.25) is 5.91 Å². The van der Waals surface area contributed by atoms with Gasteiger partial charge in [-0.3, -0.25) is 4.79 Å². The molecule has 0 atom stereocenters. The predicted molar refractivity (Wildman–Crippen MR) is 79.9 cm³/mol. The molecule has 0 heterocycles. The summed E-state index contributed by atoms with van der Waals surface area (Å²) in [4.78, 5) is 12.5. The van der Waals surface area contributed by atoms with Crippen molar-refractivity contribution in [2.45, 2.75) is 44.4 Å². The molecule has 0 saturated heterocycles. The van der Waals surface area contributed by atoms with Gasteiger partial charge in [-0.1, -0.05) is 49.0 Å². The Morgan fingerprint density at radius 2 is 2.11 bits per heavy atom. The van der Waals surface area contributed by atoms with E-state index in [1.165, 1.54) is 0 Å². The van der Waals surface area contributed by atoms with Crippen molar-refractivity contribution in [3.05, 3.63) is 33.8 Å². The van der Waals surface area contributed by atoms with Crippen molar-refractivity contribution >= 4 is 29.1 Å². The predicted octanol–water partition coefficient (Wildman–Crippen LogP) is 4.33. The summed E-state index contributed by atoms with van der Waals surface area (Å²) in [6.07, 6.45) is 4.89. The van der Waals surface area contributed by atoms with Crippen molar-refractivity contribution in [1.82, 2.24) is 5.32 Å². The number of carbonyl (C=O) groups is 1. The fourth-order valence-electron chi connectivity index (χ4n) is 2.57. The summed E-state index contributed by atoms with van der Waals surface area (Å²) in [5, 5.41) is 4.24. The Hall–Kier alpha value is -0.730. The van der Waals surface area contributed by atoms with Gasteiger partial charge in [-0.25, -0.2) is 0 Å². The van der Waals surface area contributed by atoms with Crippen LogP contribution in [0.3, 0.4) is 0 Å². The summed E-state index contributed by atoms with van der Waals surface area (Å²) in [5.74, 6) is 0.108. The van der Waals surface area contributed by atoms with Gasteiger partial charge >= 0.3 is 0 Å². The maximum Gasteiger partial charge on any atom is 0.230 e. The standard InChI is InChI=1S/C15H19Cl2NO/c1-2-3-9-18-14(19)15(7-4-8-15)12-6-5-11(16)10-13(12)17/h5-6,10H,2-4,7-9H2,1H3,(H,18,19). The summed E-state index contributed by atoms with van der Waals surface area (Å²) in [6.45, 7) is 2.85. The van der Waals surface area contributed by atoms with Gasteiger partial charge in [-0.2, -0.15) is 0 Å². The smallest absolute Gasteiger partial charge is 0.230 e. The Labute approximate surface area is 124 Å². The van der Waals surface area contributed by atoms with Crippen molar-refractivity contribution in [2.24, 2.45) is 0 Å². The van der Waals surface area contributed by atoms with E-state index in [4.69, 9.17) is 23.2 Å². The summed E-state index contributed by atoms with van der Waals surface area (Å²) in [5.41, 5.74) is 0.480. The van der Waals surface area contributed by atoms with Crippen LogP contribution in [0.5, 0.6) is 0 Å². The number of nitrogens with one attached hydrogen (secondary N) is 1. The van der Waals surface area contributed by atoms with E-state index in [1.54, 1.807) is 6.07 Å². The van der Waals surface area contributed by atoms with Crippen LogP contribution >= 0.6 is 23.2 Å². The van der Waals surface area contributed by atoms with Gasteiger partial charge in [-0.05, 0) is 37.0 Å². The lowest BCUT2D eigenvalue weighted by atomic mass is 9.63. The molecule has 104 valence electrons. The van der Waals surface area contributed by atoms with Gasteiger partial charge in [0.1, 0.15) is 0 Å². The lowest BCUT2D eigenvalue weighted by molar-refractivity contribution is -0.129. The normalized spacial score (nSPS) is 16.8. The van der Waals surface area contributed by atoms with E-state index >= 15 is 0 Å². The van der Waals surface area contributed by atoms with Crippen LogP contribution in [-0.4, -0.2) is 12.5 Å². The molecule has 1 N–H and O–H groups in total. The van der Waals surface area contributed by atoms with Crippen molar-refractivity contribution < 1.29 is 4.79 Å². The zero-order chi connectivity index (χ0) is 13.9. The fraction of sp³-hybridized carbons (Fsp3) is 0.533. The molecule has 0 aliphatic heterocycles. The molecule has 2 nitrogen and oxygen atoms in total. The first-order valence-electron chi connectivity index (χ1n) is 6.84. The number of benzene rings is 1. The minimum Gasteiger partial charge on any atom is -0.355 e. The Morgan fingerprint density at radius 1 is 1.37 bits per heavy atom. The van der Waals surface area contributed by atoms with Gasteiger partial charge in [0, 0.05) is 16.6 Å². The highest BCUT2D eigenvalue weighted by Crippen LogP contribution is 2.46. The monoisotopic (exact) mass is 299 g/mol. The third kappa shape index (κ3) is 2.90. The molecule has 1 saturated carbocycles. The molecule has 19 heavy (non-hydrogen) atoms. The van der Waals surface area contributed by atoms with E-state index in [0.717, 1.165) is 44.2 Å². The molecule has 1 aliphatic rings. The molecule has 4 heteroatoms. The first-order chi connectivity index (χ1) is 9.10. The molecule has 1 amide bonds. The second kappa shape index (κ2) is 6.15. The van der Waals surface area contributed by atoms with Crippen LogP contribution in [-0.2, 0) is 10.2 Å². The van der Waals surface area contributed by atoms with E-state index in [9.17, 15) is 4.79 Å². The zero-order valence-electron chi connectivity index (χ0n) is 11.1. The largest absolute Gasteiger partial charge is 0.355 e. The van der Waals surface area contributed by atoms with E-state index in [0.29, 0.717) is 10.0 Å². The summed E-state index contributed by atoms with van der Waals surface area (Å²) in [6, 6.07) is 5.42. The fourth-order valence-corrected chi connectivity index (χ4v) is 3.16. The molecule has 2 rings (SSSR count). The molecule has 0 radical (unpaired) electrons. The molecule has 1 aromatic carbocycles. The van der Waals surface area contributed by atoms with Crippen LogP contribution in [0.1, 0.15) is 44.6 Å². The lowest BCUT2D eigenvalue weighted by Crippen LogP contribution is -2.49. The first-order valence-corrected chi connectivity index (χ1v) is 7.59. The highest BCUT2D eigenvalue weighted by Gasteiger charge is 2.46. The molecule has 1 aliphatic carbocycles. The van der Waals surface area contributed by atoms with E-state index in [1.807, 2.05) is 12.1 Å². The van der Waals surface area contributed by atoms with Crippen molar-refractivity contribution in [3.63, 3.8) is 0 Å². The molecule has 0 bridgehead atoms. The highest BCUT2D eigenvalue weighted by molar-refractivity contribution is 6.35. The molecule has 1 fully saturated rings. The van der Waals surface area contributed by atoms with Gasteiger partial charge in [-0.15, -0.1) is 0 Å². The maximum absolute atomic E-state index is 12.5. The van der Waals surface area contributed by atoms with Gasteiger partial charge in [0.05, 0.1) is 5.41 Å². The van der Waals surface area contributed by atoms with E-state index in [2.05, 4.69) is 12.2 Å². The molecular weight excluding hydrogens is 281 g/mol. The van der Waals surface area contributed by atoms with Crippen LogP contribution in [0, 0.1) is 0 Å². The van der Waals surface area contributed by atoms with Gasteiger partial charge in [0.15, 0.2) is 0 Å². The minimum absolute atomic E-state index is 0.108. The summed E-state index contributed by atoms with van der Waals surface area (Å²) >= 11 is 12.2. The second-order valence-corrected chi connectivity index (χ2v) is 6.01. The van der Waals surface area contributed by atoms with Crippen LogP contribution in [0.4, 0.5) is 0 Å². The van der Waals surface area contributed by atoms with Crippen molar-refractivity contribution in [1.29, 1.82) is 0 Å². The van der Waals surface area contributed by atoms with Gasteiger partial charge < -0.3 is 5.32 Å². The zero-order valence-corrected chi connectivity index (χ0v) is 12.7. The number of halogens is 2. The van der Waals surface area contributed by atoms with Crippen molar-refractivity contribution in [3.8, 4) is 0 Å². The number of unbranched alkanes of at least 4 members (excludes halogenated alkanes) is 1. The molecule has 0 unspecified atom stereocenters. The average Bonchev–Trinajstić information content (AvgIpc) is 2.31. The third-order valence-corrected chi connectivity index (χ3v) is 4.45. The number of rotatable bonds is 5. The molecular formula is C15H19Cl2NO. The minimum atomic E-state index is -0.435. The second-order valence-electron chi connectivity index (χ2n) is 5.17. The van der Waals surface area contributed by atoms with Crippen LogP contribution in [0.25, 0.3) is 0 Å². The molecule has 1 aromatic rings. The van der Waals surface area contributed by atoms with Crippen LogP contribution in [0.2, 0.25) is 10.0 Å². The van der Waals surface area contributed by atoms with E-state index < -0.39 is 5.41 Å². The number of amides is 1. The summed E-state index contributed by atoms with van der Waals surface area (Å²) in [7, 11) is 0. The average molecular weight is 300 g/mol. The Kier molecular flexibility index (Phi) is 4.75. The number of hydrogen-bond donors (Lipinski definition) is 1. The number of hydrogen-bond acceptors (Lipinski definition) is 1. The van der Waals surface area contributed by atoms with Crippen LogP contribution < -0.4 is 5.32 Å². The highest BCUT2D eigenvalue weighted by atomic mass is 35.5. The topological polar surface area (TPSA) is 29.1 Å². The third-order valence-electron chi connectivity index (χ3n) is 3.90. The maximum atomic E-state index is 12.5. The van der Waals surface area contributed by atoms with Crippen molar-refractivity contribution in [2.75, 3.05) is 6.54 Å². The molecule has 0 aromatic heterocycles. The Balaban J connectivity index is 2.20. The van der Waals surface area contributed by atoms with E-state index in [-0.39, 0.29) is 5.91 Å². The number of carbonyl (C=O) groups excluding carboxylic acids is 1. The lowest BCUT2D eigenvalue weighted by Gasteiger charge is -2.41. The molecule has 0 spiro atoms. The Bertz CT molecular complexity index is 469. The summed E-state index contributed by atoms with van der Waals surface area (Å²) < 4.78 is 0. The SMILES string of the molecule is CCCCNC(=O)C1(c2ccc(Cl)cc2Cl)CCC1. The first kappa shape index (κ1) is 14.7. The van der Waals surface area contributed by atoms with Crippen LogP contribution in [0.15, 0.2) is 18.2 Å².